The summed E-state index contributed by atoms with van der Waals surface area (Å²) >= 11 is 1.46. The van der Waals surface area contributed by atoms with Crippen LogP contribution in [0.15, 0.2) is 17.3 Å². The van der Waals surface area contributed by atoms with E-state index < -0.39 is 0 Å². The molecule has 4 heteroatoms. The van der Waals surface area contributed by atoms with E-state index in [-0.39, 0.29) is 0 Å². The number of hydrogen-bond donors (Lipinski definition) is 0. The van der Waals surface area contributed by atoms with Gasteiger partial charge < -0.3 is 0 Å². The first kappa shape index (κ1) is 8.62. The summed E-state index contributed by atoms with van der Waals surface area (Å²) in [5.41, 5.74) is 0. The van der Waals surface area contributed by atoms with Crippen LogP contribution in [0.1, 0.15) is 13.3 Å². The fourth-order valence-electron chi connectivity index (χ4n) is 0.607. The lowest BCUT2D eigenvalue weighted by atomic mass is 10.6. The number of aliphatic imine (C=N–C) groups is 1. The third kappa shape index (κ3) is 3.43. The van der Waals surface area contributed by atoms with Gasteiger partial charge in [0.25, 0.3) is 0 Å². The molecule has 0 aromatic heterocycles. The Kier molecular flexibility index (Phi) is 4.08. The first-order valence-electron chi connectivity index (χ1n) is 3.66. The normalized spacial score (nSPS) is 15.9. The van der Waals surface area contributed by atoms with Gasteiger partial charge in [-0.05, 0) is 12.5 Å². The van der Waals surface area contributed by atoms with Crippen molar-refractivity contribution < 1.29 is 4.28 Å². The van der Waals surface area contributed by atoms with Gasteiger partial charge in [-0.15, -0.1) is 0 Å². The summed E-state index contributed by atoms with van der Waals surface area (Å²) < 4.78 is 5.27. The number of hydrogen-bond acceptors (Lipinski definition) is 4. The van der Waals surface area contributed by atoms with Crippen LogP contribution in [0.5, 0.6) is 0 Å². The molecular formula is C7H12N2OS. The highest BCUT2D eigenvalue weighted by Gasteiger charge is 1.99. The van der Waals surface area contributed by atoms with E-state index in [1.807, 2.05) is 12.3 Å². The molecule has 11 heavy (non-hydrogen) atoms. The molecule has 0 saturated heterocycles. The van der Waals surface area contributed by atoms with Gasteiger partial charge >= 0.3 is 0 Å². The second-order valence-electron chi connectivity index (χ2n) is 2.13. The molecule has 0 saturated carbocycles. The van der Waals surface area contributed by atoms with Crippen LogP contribution in [-0.2, 0) is 4.28 Å². The molecule has 1 rings (SSSR count). The fraction of sp³-hybridized carbons (Fsp3) is 0.571. The van der Waals surface area contributed by atoms with E-state index >= 15 is 0 Å². The summed E-state index contributed by atoms with van der Waals surface area (Å²) in [5, 5.41) is 1.71. The molecule has 0 spiro atoms. The predicted molar refractivity (Wildman–Crippen MR) is 48.2 cm³/mol. The Morgan fingerprint density at radius 1 is 1.73 bits per heavy atom. The van der Waals surface area contributed by atoms with E-state index in [2.05, 4.69) is 11.9 Å². The lowest BCUT2D eigenvalue weighted by molar-refractivity contribution is 0.0206. The SMILES string of the molecule is CCCSON1C=CC=NC1. The Balaban J connectivity index is 2.07. The predicted octanol–water partition coefficient (Wildman–Crippen LogP) is 1.83. The Bertz CT molecular complexity index is 159. The molecule has 0 aromatic rings. The molecule has 0 amide bonds. The lowest BCUT2D eigenvalue weighted by Crippen LogP contribution is -2.16. The first-order valence-corrected chi connectivity index (χ1v) is 4.57. The summed E-state index contributed by atoms with van der Waals surface area (Å²) in [5.74, 6) is 1.02. The fourth-order valence-corrected chi connectivity index (χ4v) is 1.08. The van der Waals surface area contributed by atoms with Crippen molar-refractivity contribution in [2.24, 2.45) is 4.99 Å². The van der Waals surface area contributed by atoms with Crippen LogP contribution in [0.2, 0.25) is 0 Å². The van der Waals surface area contributed by atoms with Crippen molar-refractivity contribution in [2.45, 2.75) is 13.3 Å². The standard InChI is InChI=1S/C7H12N2OS/c1-2-6-11-10-9-5-3-4-8-7-9/h3-5H,2,6-7H2,1H3. The van der Waals surface area contributed by atoms with Crippen molar-refractivity contribution in [3.63, 3.8) is 0 Å². The van der Waals surface area contributed by atoms with Gasteiger partial charge in [0.1, 0.15) is 6.67 Å². The second kappa shape index (κ2) is 5.21. The summed E-state index contributed by atoms with van der Waals surface area (Å²) in [7, 11) is 0. The Labute approximate surface area is 71.3 Å². The quantitative estimate of drug-likeness (QED) is 0.478. The van der Waals surface area contributed by atoms with Crippen LogP contribution < -0.4 is 0 Å². The highest BCUT2D eigenvalue weighted by Crippen LogP contribution is 2.09. The molecule has 1 aliphatic rings. The molecule has 0 aromatic carbocycles. The third-order valence-electron chi connectivity index (χ3n) is 1.10. The van der Waals surface area contributed by atoms with Crippen LogP contribution in [0.25, 0.3) is 0 Å². The number of hydroxylamine groups is 2. The topological polar surface area (TPSA) is 24.8 Å². The highest BCUT2D eigenvalue weighted by atomic mass is 32.2. The maximum atomic E-state index is 5.27. The Morgan fingerprint density at radius 2 is 2.64 bits per heavy atom. The molecule has 1 heterocycles. The minimum Gasteiger partial charge on any atom is -0.269 e. The summed E-state index contributed by atoms with van der Waals surface area (Å²) in [4.78, 5) is 4.01. The zero-order chi connectivity index (χ0) is 7.94. The van der Waals surface area contributed by atoms with Gasteiger partial charge in [-0.3, -0.25) is 4.99 Å². The minimum absolute atomic E-state index is 0.604. The molecule has 0 atom stereocenters. The molecule has 3 nitrogen and oxygen atoms in total. The van der Waals surface area contributed by atoms with E-state index in [9.17, 15) is 0 Å². The molecule has 0 unspecified atom stereocenters. The summed E-state index contributed by atoms with van der Waals surface area (Å²) in [6.07, 6.45) is 6.63. The maximum Gasteiger partial charge on any atom is 0.136 e. The molecule has 62 valence electrons. The van der Waals surface area contributed by atoms with E-state index in [0.717, 1.165) is 12.2 Å². The van der Waals surface area contributed by atoms with Crippen LogP contribution in [0.4, 0.5) is 0 Å². The van der Waals surface area contributed by atoms with Crippen molar-refractivity contribution in [1.29, 1.82) is 0 Å². The Morgan fingerprint density at radius 3 is 3.27 bits per heavy atom. The van der Waals surface area contributed by atoms with E-state index in [0.29, 0.717) is 6.67 Å². The van der Waals surface area contributed by atoms with E-state index in [1.165, 1.54) is 12.0 Å². The van der Waals surface area contributed by atoms with Crippen molar-refractivity contribution in [3.8, 4) is 0 Å². The number of nitrogens with zero attached hydrogens (tertiary/aromatic N) is 2. The molecule has 1 aliphatic heterocycles. The van der Waals surface area contributed by atoms with Crippen molar-refractivity contribution in [2.75, 3.05) is 12.4 Å². The maximum absolute atomic E-state index is 5.27. The Hall–Kier alpha value is -0.480. The van der Waals surface area contributed by atoms with Gasteiger partial charge in [0.2, 0.25) is 0 Å². The number of allylic oxidation sites excluding steroid dienone is 1. The van der Waals surface area contributed by atoms with E-state index in [1.54, 1.807) is 11.3 Å². The van der Waals surface area contributed by atoms with Gasteiger partial charge in [-0.25, -0.2) is 9.35 Å². The van der Waals surface area contributed by atoms with Gasteiger partial charge in [-0.1, -0.05) is 6.92 Å². The molecule has 0 N–H and O–H groups in total. The van der Waals surface area contributed by atoms with Crippen LogP contribution in [0, 0.1) is 0 Å². The molecule has 0 bridgehead atoms. The average molecular weight is 172 g/mol. The van der Waals surface area contributed by atoms with Gasteiger partial charge in [-0.2, -0.15) is 0 Å². The van der Waals surface area contributed by atoms with Crippen molar-refractivity contribution in [3.05, 3.63) is 12.3 Å². The molecule has 0 aliphatic carbocycles. The van der Waals surface area contributed by atoms with Crippen molar-refractivity contribution >= 4 is 18.3 Å². The summed E-state index contributed by atoms with van der Waals surface area (Å²) in [6.45, 7) is 2.73. The van der Waals surface area contributed by atoms with Crippen LogP contribution in [0.3, 0.4) is 0 Å². The largest absolute Gasteiger partial charge is 0.269 e. The van der Waals surface area contributed by atoms with Crippen LogP contribution >= 0.6 is 12.0 Å². The smallest absolute Gasteiger partial charge is 0.136 e. The zero-order valence-corrected chi connectivity index (χ0v) is 7.38. The second-order valence-corrected chi connectivity index (χ2v) is 2.92. The molecule has 0 radical (unpaired) electrons. The zero-order valence-electron chi connectivity index (χ0n) is 6.56. The third-order valence-corrected chi connectivity index (χ3v) is 1.97. The van der Waals surface area contributed by atoms with Gasteiger partial charge in [0.15, 0.2) is 0 Å². The van der Waals surface area contributed by atoms with E-state index in [4.69, 9.17) is 4.28 Å². The monoisotopic (exact) mass is 172 g/mol. The first-order chi connectivity index (χ1) is 5.43. The average Bonchev–Trinajstić information content (AvgIpc) is 2.07. The molecular weight excluding hydrogens is 160 g/mol. The van der Waals surface area contributed by atoms with Gasteiger partial charge in [0, 0.05) is 30.2 Å². The van der Waals surface area contributed by atoms with Crippen molar-refractivity contribution in [1.82, 2.24) is 5.06 Å². The van der Waals surface area contributed by atoms with Crippen LogP contribution in [-0.4, -0.2) is 23.7 Å². The lowest BCUT2D eigenvalue weighted by Gasteiger charge is -2.16. The summed E-state index contributed by atoms with van der Waals surface area (Å²) in [6, 6.07) is 0. The molecule has 0 fully saturated rings. The van der Waals surface area contributed by atoms with Gasteiger partial charge in [0.05, 0.1) is 0 Å². The minimum atomic E-state index is 0.604. The highest BCUT2D eigenvalue weighted by molar-refractivity contribution is 7.94. The number of rotatable bonds is 4.